The number of likely N-dealkylation sites (tertiary alicyclic amines) is 1. The van der Waals surface area contributed by atoms with Crippen molar-refractivity contribution in [1.82, 2.24) is 15.3 Å². The highest BCUT2D eigenvalue weighted by Crippen LogP contribution is 2.26. The number of sulfone groups is 1. The van der Waals surface area contributed by atoms with Gasteiger partial charge in [0.05, 0.1) is 10.6 Å². The summed E-state index contributed by atoms with van der Waals surface area (Å²) in [5, 5.41) is 13.1. The first kappa shape index (κ1) is 22.8. The van der Waals surface area contributed by atoms with Crippen LogP contribution in [0.5, 0.6) is 0 Å². The number of piperidine rings is 1. The van der Waals surface area contributed by atoms with E-state index in [2.05, 4.69) is 5.43 Å². The number of amides is 2. The summed E-state index contributed by atoms with van der Waals surface area (Å²) in [4.78, 5) is 25.3. The number of nitrogens with zero attached hydrogens (tertiary/aromatic N) is 2. The third-order valence-corrected chi connectivity index (χ3v) is 8.34. The molecule has 0 aliphatic carbocycles. The summed E-state index contributed by atoms with van der Waals surface area (Å²) in [7, 11) is -3.55. The summed E-state index contributed by atoms with van der Waals surface area (Å²) in [5.74, 6) is -0.512. The number of halogens is 1. The van der Waals surface area contributed by atoms with Crippen molar-refractivity contribution >= 4 is 44.2 Å². The van der Waals surface area contributed by atoms with Gasteiger partial charge in [-0.2, -0.15) is 0 Å². The largest absolute Gasteiger partial charge is 0.465 e. The molecule has 2 aliphatic rings. The summed E-state index contributed by atoms with van der Waals surface area (Å²) in [5.41, 5.74) is 2.90. The standard InChI is InChI=1S/C22H26ClN3O5S/c23-18-5-3-17-13-20(6-4-16(17)12-18)32(30,31)14-19-2-1-9-26(19)24-21(27)15-7-10-25(11-8-15)22(28)29/h3-6,12-13,15,19H,1-2,7-11,14H2,(H,24,27)(H,28,29). The monoisotopic (exact) mass is 479 g/mol. The first-order chi connectivity index (χ1) is 15.2. The lowest BCUT2D eigenvalue weighted by Crippen LogP contribution is -2.51. The fourth-order valence-electron chi connectivity index (χ4n) is 4.46. The number of benzene rings is 2. The van der Waals surface area contributed by atoms with Gasteiger partial charge in [-0.1, -0.05) is 23.7 Å². The van der Waals surface area contributed by atoms with Gasteiger partial charge in [0, 0.05) is 36.6 Å². The molecule has 10 heteroatoms. The van der Waals surface area contributed by atoms with E-state index < -0.39 is 15.9 Å². The van der Waals surface area contributed by atoms with E-state index >= 15 is 0 Å². The molecule has 32 heavy (non-hydrogen) atoms. The van der Waals surface area contributed by atoms with Crippen LogP contribution in [-0.4, -0.2) is 66.9 Å². The van der Waals surface area contributed by atoms with Gasteiger partial charge >= 0.3 is 6.09 Å². The summed E-state index contributed by atoms with van der Waals surface area (Å²) < 4.78 is 26.2. The molecule has 2 N–H and O–H groups in total. The molecule has 2 aromatic carbocycles. The molecule has 0 bridgehead atoms. The molecule has 1 unspecified atom stereocenters. The Kier molecular flexibility index (Phi) is 6.60. The van der Waals surface area contributed by atoms with Crippen LogP contribution in [-0.2, 0) is 14.6 Å². The van der Waals surface area contributed by atoms with E-state index in [1.807, 2.05) is 0 Å². The maximum atomic E-state index is 13.1. The second-order valence-electron chi connectivity index (χ2n) is 8.44. The van der Waals surface area contributed by atoms with Crippen molar-refractivity contribution in [2.24, 2.45) is 5.92 Å². The Hall–Kier alpha value is -2.36. The quantitative estimate of drug-likeness (QED) is 0.682. The number of hydrazine groups is 1. The minimum absolute atomic E-state index is 0.0795. The van der Waals surface area contributed by atoms with E-state index in [1.165, 1.54) is 4.90 Å². The fraction of sp³-hybridized carbons (Fsp3) is 0.455. The molecule has 0 saturated carbocycles. The molecule has 2 amide bonds. The molecule has 1 atom stereocenters. The van der Waals surface area contributed by atoms with Gasteiger partial charge in [0.1, 0.15) is 0 Å². The van der Waals surface area contributed by atoms with E-state index in [9.17, 15) is 18.0 Å². The van der Waals surface area contributed by atoms with E-state index in [0.29, 0.717) is 43.9 Å². The normalized spacial score (nSPS) is 20.5. The lowest BCUT2D eigenvalue weighted by molar-refractivity contribution is -0.131. The molecule has 4 rings (SSSR count). The summed E-state index contributed by atoms with van der Waals surface area (Å²) in [6.07, 6.45) is 1.45. The molecule has 2 saturated heterocycles. The number of nitrogens with one attached hydrogen (secondary N) is 1. The van der Waals surface area contributed by atoms with Gasteiger partial charge in [-0.15, -0.1) is 0 Å². The number of carboxylic acid groups (broad SMARTS) is 1. The first-order valence-corrected chi connectivity index (χ1v) is 12.7. The smallest absolute Gasteiger partial charge is 0.407 e. The first-order valence-electron chi connectivity index (χ1n) is 10.7. The molecule has 0 aromatic heterocycles. The zero-order valence-electron chi connectivity index (χ0n) is 17.5. The van der Waals surface area contributed by atoms with Gasteiger partial charge < -0.3 is 10.0 Å². The number of fused-ring (bicyclic) bond motifs is 1. The molecular weight excluding hydrogens is 454 g/mol. The zero-order valence-corrected chi connectivity index (χ0v) is 19.1. The van der Waals surface area contributed by atoms with Gasteiger partial charge in [0.2, 0.25) is 5.91 Å². The number of rotatable bonds is 5. The van der Waals surface area contributed by atoms with E-state index in [-0.39, 0.29) is 28.5 Å². The number of carbonyl (C=O) groups excluding carboxylic acids is 1. The lowest BCUT2D eigenvalue weighted by Gasteiger charge is -2.31. The average Bonchev–Trinajstić information content (AvgIpc) is 3.19. The summed E-state index contributed by atoms with van der Waals surface area (Å²) in [6, 6.07) is 10.0. The van der Waals surface area contributed by atoms with Crippen molar-refractivity contribution in [3.63, 3.8) is 0 Å². The van der Waals surface area contributed by atoms with Crippen LogP contribution in [0, 0.1) is 5.92 Å². The molecule has 172 valence electrons. The second kappa shape index (κ2) is 9.25. The predicted octanol–water partition coefficient (Wildman–Crippen LogP) is 3.15. The second-order valence-corrected chi connectivity index (χ2v) is 10.9. The van der Waals surface area contributed by atoms with Crippen LogP contribution < -0.4 is 5.43 Å². The fourth-order valence-corrected chi connectivity index (χ4v) is 6.27. The lowest BCUT2D eigenvalue weighted by atomic mass is 9.96. The Morgan fingerprint density at radius 1 is 1.03 bits per heavy atom. The number of hydrogen-bond acceptors (Lipinski definition) is 5. The van der Waals surface area contributed by atoms with Crippen LogP contribution in [0.25, 0.3) is 10.8 Å². The number of hydrogen-bond donors (Lipinski definition) is 2. The van der Waals surface area contributed by atoms with Crippen LogP contribution in [0.4, 0.5) is 4.79 Å². The Bertz CT molecular complexity index is 1130. The van der Waals surface area contributed by atoms with Crippen LogP contribution in [0.2, 0.25) is 5.02 Å². The van der Waals surface area contributed by atoms with Crippen LogP contribution >= 0.6 is 11.6 Å². The third-order valence-electron chi connectivity index (χ3n) is 6.31. The van der Waals surface area contributed by atoms with Crippen molar-refractivity contribution in [3.8, 4) is 0 Å². The van der Waals surface area contributed by atoms with Crippen molar-refractivity contribution in [2.45, 2.75) is 36.6 Å². The van der Waals surface area contributed by atoms with Crippen LogP contribution in [0.1, 0.15) is 25.7 Å². The van der Waals surface area contributed by atoms with Crippen LogP contribution in [0.15, 0.2) is 41.3 Å². The molecule has 2 aromatic rings. The zero-order chi connectivity index (χ0) is 22.9. The predicted molar refractivity (Wildman–Crippen MR) is 121 cm³/mol. The van der Waals surface area contributed by atoms with E-state index in [0.717, 1.165) is 17.2 Å². The SMILES string of the molecule is O=C(NN1CCCC1CS(=O)(=O)c1ccc2cc(Cl)ccc2c1)C1CCN(C(=O)O)CC1. The molecule has 0 spiro atoms. The minimum atomic E-state index is -3.55. The topological polar surface area (TPSA) is 107 Å². The summed E-state index contributed by atoms with van der Waals surface area (Å²) in [6.45, 7) is 1.26. The highest BCUT2D eigenvalue weighted by molar-refractivity contribution is 7.91. The Morgan fingerprint density at radius 2 is 1.72 bits per heavy atom. The average molecular weight is 480 g/mol. The summed E-state index contributed by atoms with van der Waals surface area (Å²) >= 11 is 6.01. The van der Waals surface area contributed by atoms with Crippen molar-refractivity contribution < 1.29 is 23.1 Å². The van der Waals surface area contributed by atoms with Crippen LogP contribution in [0.3, 0.4) is 0 Å². The maximum absolute atomic E-state index is 13.1. The maximum Gasteiger partial charge on any atom is 0.407 e. The van der Waals surface area contributed by atoms with Gasteiger partial charge in [-0.3, -0.25) is 10.2 Å². The van der Waals surface area contributed by atoms with Gasteiger partial charge in [-0.05, 0) is 60.7 Å². The molecule has 8 nitrogen and oxygen atoms in total. The minimum Gasteiger partial charge on any atom is -0.465 e. The van der Waals surface area contributed by atoms with E-state index in [1.54, 1.807) is 41.4 Å². The van der Waals surface area contributed by atoms with Gasteiger partial charge in [0.25, 0.3) is 0 Å². The van der Waals surface area contributed by atoms with E-state index in [4.69, 9.17) is 16.7 Å². The Morgan fingerprint density at radius 3 is 2.44 bits per heavy atom. The third kappa shape index (κ3) is 5.00. The van der Waals surface area contributed by atoms with Crippen molar-refractivity contribution in [1.29, 1.82) is 0 Å². The molecule has 2 aliphatic heterocycles. The van der Waals surface area contributed by atoms with Gasteiger partial charge in [-0.25, -0.2) is 18.2 Å². The van der Waals surface area contributed by atoms with Crippen molar-refractivity contribution in [3.05, 3.63) is 41.4 Å². The number of carbonyl (C=O) groups is 2. The highest BCUT2D eigenvalue weighted by atomic mass is 35.5. The Balaban J connectivity index is 1.40. The van der Waals surface area contributed by atoms with Crippen molar-refractivity contribution in [2.75, 3.05) is 25.4 Å². The molecule has 2 heterocycles. The molecule has 0 radical (unpaired) electrons. The molecule has 2 fully saturated rings. The van der Waals surface area contributed by atoms with Gasteiger partial charge in [0.15, 0.2) is 9.84 Å². The highest BCUT2D eigenvalue weighted by Gasteiger charge is 2.34. The molecular formula is C22H26ClN3O5S. The Labute approximate surface area is 192 Å².